The van der Waals surface area contributed by atoms with Gasteiger partial charge in [0.1, 0.15) is 0 Å². The Morgan fingerprint density at radius 1 is 1.30 bits per heavy atom. The molecule has 1 aliphatic heterocycles. The van der Waals surface area contributed by atoms with E-state index in [0.717, 1.165) is 13.1 Å². The second kappa shape index (κ2) is 6.95. The molecule has 0 amide bonds. The van der Waals surface area contributed by atoms with E-state index in [9.17, 15) is 0 Å². The summed E-state index contributed by atoms with van der Waals surface area (Å²) in [5.41, 5.74) is 1.33. The summed E-state index contributed by atoms with van der Waals surface area (Å²) < 4.78 is 1.20. The largest absolute Gasteiger partial charge is 0.365 e. The maximum atomic E-state index is 3.76. The minimum Gasteiger partial charge on any atom is -0.365 e. The molecule has 1 aromatic rings. The zero-order valence-electron chi connectivity index (χ0n) is 13.1. The molecule has 1 fully saturated rings. The van der Waals surface area contributed by atoms with Crippen molar-refractivity contribution in [1.29, 1.82) is 0 Å². The van der Waals surface area contributed by atoms with Crippen LogP contribution in [0.25, 0.3) is 0 Å². The summed E-state index contributed by atoms with van der Waals surface area (Å²) in [5.74, 6) is 1.36. The number of nitrogens with zero attached hydrogens (tertiary/aromatic N) is 1. The first-order valence-corrected chi connectivity index (χ1v) is 8.58. The van der Waals surface area contributed by atoms with Gasteiger partial charge in [0.15, 0.2) is 0 Å². The predicted molar refractivity (Wildman–Crippen MR) is 91.4 cm³/mol. The highest BCUT2D eigenvalue weighted by atomic mass is 79.9. The molecule has 1 heterocycles. The van der Waals surface area contributed by atoms with Gasteiger partial charge in [-0.2, -0.15) is 0 Å². The summed E-state index contributed by atoms with van der Waals surface area (Å²) in [6.07, 6.45) is 1.23. The molecule has 0 bridgehead atoms. The molecule has 112 valence electrons. The van der Waals surface area contributed by atoms with Crippen LogP contribution in [-0.2, 0) is 0 Å². The Bertz CT molecular complexity index is 433. The highest BCUT2D eigenvalue weighted by molar-refractivity contribution is 9.10. The zero-order valence-corrected chi connectivity index (χ0v) is 14.7. The summed E-state index contributed by atoms with van der Waals surface area (Å²) in [7, 11) is 0. The molecule has 1 N–H and O–H groups in total. The number of halogens is 1. The molecule has 1 aromatic carbocycles. The Morgan fingerprint density at radius 3 is 2.60 bits per heavy atom. The molecule has 2 rings (SSSR count). The summed E-state index contributed by atoms with van der Waals surface area (Å²) in [6, 6.07) is 9.76. The van der Waals surface area contributed by atoms with E-state index in [2.05, 4.69) is 78.1 Å². The van der Waals surface area contributed by atoms with Crippen molar-refractivity contribution in [3.63, 3.8) is 0 Å². The molecule has 0 spiro atoms. The van der Waals surface area contributed by atoms with Crippen LogP contribution in [-0.4, -0.2) is 25.2 Å². The van der Waals surface area contributed by atoms with Crippen molar-refractivity contribution < 1.29 is 0 Å². The van der Waals surface area contributed by atoms with Gasteiger partial charge >= 0.3 is 0 Å². The van der Waals surface area contributed by atoms with Gasteiger partial charge in [-0.15, -0.1) is 0 Å². The number of piperazine rings is 1. The Hall–Kier alpha value is -0.540. The van der Waals surface area contributed by atoms with Crippen LogP contribution in [0, 0.1) is 11.8 Å². The van der Waals surface area contributed by atoms with E-state index < -0.39 is 0 Å². The lowest BCUT2D eigenvalue weighted by Crippen LogP contribution is -2.60. The van der Waals surface area contributed by atoms with E-state index in [1.807, 2.05) is 0 Å². The fourth-order valence-corrected chi connectivity index (χ4v) is 3.53. The molecule has 20 heavy (non-hydrogen) atoms. The molecule has 0 aromatic heterocycles. The highest BCUT2D eigenvalue weighted by Crippen LogP contribution is 2.31. The fraction of sp³-hybridized carbons (Fsp3) is 0.647. The van der Waals surface area contributed by atoms with Crippen LogP contribution < -0.4 is 10.2 Å². The van der Waals surface area contributed by atoms with Crippen LogP contribution in [0.1, 0.15) is 34.1 Å². The number of para-hydroxylation sites is 1. The van der Waals surface area contributed by atoms with Crippen molar-refractivity contribution in [2.75, 3.05) is 18.0 Å². The van der Waals surface area contributed by atoms with Crippen molar-refractivity contribution in [2.45, 2.75) is 46.2 Å². The van der Waals surface area contributed by atoms with E-state index >= 15 is 0 Å². The number of hydrogen-bond acceptors (Lipinski definition) is 2. The van der Waals surface area contributed by atoms with Gasteiger partial charge in [0.25, 0.3) is 0 Å². The first-order chi connectivity index (χ1) is 9.54. The molecule has 0 aliphatic carbocycles. The van der Waals surface area contributed by atoms with Gasteiger partial charge in [-0.1, -0.05) is 46.2 Å². The first kappa shape index (κ1) is 15.8. The van der Waals surface area contributed by atoms with Gasteiger partial charge < -0.3 is 10.2 Å². The second-order valence-corrected chi connectivity index (χ2v) is 7.17. The summed E-state index contributed by atoms with van der Waals surface area (Å²) in [5, 5.41) is 3.76. The summed E-state index contributed by atoms with van der Waals surface area (Å²) >= 11 is 3.72. The minimum absolute atomic E-state index is 0.564. The minimum atomic E-state index is 0.564. The third-order valence-corrected chi connectivity index (χ3v) is 5.32. The van der Waals surface area contributed by atoms with E-state index in [1.54, 1.807) is 0 Å². The Kier molecular flexibility index (Phi) is 5.50. The molecule has 1 saturated heterocycles. The normalized spacial score (nSPS) is 25.0. The summed E-state index contributed by atoms with van der Waals surface area (Å²) in [4.78, 5) is 2.60. The molecule has 3 unspecified atom stereocenters. The molecule has 3 atom stereocenters. The average Bonchev–Trinajstić information content (AvgIpc) is 2.46. The maximum absolute atomic E-state index is 3.76. The van der Waals surface area contributed by atoms with Crippen LogP contribution in [0.2, 0.25) is 0 Å². The average molecular weight is 339 g/mol. The van der Waals surface area contributed by atoms with Crippen LogP contribution in [0.3, 0.4) is 0 Å². The van der Waals surface area contributed by atoms with Gasteiger partial charge in [0.2, 0.25) is 0 Å². The lowest BCUT2D eigenvalue weighted by atomic mass is 9.91. The van der Waals surface area contributed by atoms with Gasteiger partial charge in [-0.25, -0.2) is 0 Å². The van der Waals surface area contributed by atoms with Crippen LogP contribution in [0.5, 0.6) is 0 Å². The molecule has 0 saturated carbocycles. The molecular weight excluding hydrogens is 312 g/mol. The number of rotatable bonds is 4. The third kappa shape index (κ3) is 3.37. The molecular formula is C17H27BrN2. The quantitative estimate of drug-likeness (QED) is 0.880. The fourth-order valence-electron chi connectivity index (χ4n) is 3.02. The summed E-state index contributed by atoms with van der Waals surface area (Å²) in [6.45, 7) is 11.4. The number of nitrogens with one attached hydrogen (secondary N) is 1. The van der Waals surface area contributed by atoms with Gasteiger partial charge in [-0.05, 0) is 39.9 Å². The standard InChI is InChI=1S/C17H27BrN2/c1-5-13(4)15-11-20(17(10-19-15)12(2)3)16-9-7-6-8-14(16)18/h6-9,12-13,15,17,19H,5,10-11H2,1-4H3. The predicted octanol–water partition coefficient (Wildman–Crippen LogP) is 4.30. The number of benzene rings is 1. The van der Waals surface area contributed by atoms with Crippen LogP contribution in [0.4, 0.5) is 5.69 Å². The lowest BCUT2D eigenvalue weighted by Gasteiger charge is -2.45. The third-order valence-electron chi connectivity index (χ3n) is 4.65. The van der Waals surface area contributed by atoms with Crippen molar-refractivity contribution in [2.24, 2.45) is 11.8 Å². The van der Waals surface area contributed by atoms with Gasteiger partial charge in [-0.3, -0.25) is 0 Å². The van der Waals surface area contributed by atoms with E-state index in [-0.39, 0.29) is 0 Å². The number of hydrogen-bond donors (Lipinski definition) is 1. The second-order valence-electron chi connectivity index (χ2n) is 6.32. The van der Waals surface area contributed by atoms with Crippen LogP contribution in [0.15, 0.2) is 28.7 Å². The van der Waals surface area contributed by atoms with Crippen LogP contribution >= 0.6 is 15.9 Å². The Balaban J connectivity index is 2.26. The molecule has 2 nitrogen and oxygen atoms in total. The van der Waals surface area contributed by atoms with Gasteiger partial charge in [0.05, 0.1) is 5.69 Å². The molecule has 3 heteroatoms. The smallest absolute Gasteiger partial charge is 0.0514 e. The Labute approximate surface area is 132 Å². The maximum Gasteiger partial charge on any atom is 0.0514 e. The monoisotopic (exact) mass is 338 g/mol. The van der Waals surface area contributed by atoms with E-state index in [4.69, 9.17) is 0 Å². The SMILES string of the molecule is CCC(C)C1CN(c2ccccc2Br)C(C(C)C)CN1. The van der Waals surface area contributed by atoms with E-state index in [0.29, 0.717) is 23.9 Å². The van der Waals surface area contributed by atoms with Crippen molar-refractivity contribution >= 4 is 21.6 Å². The number of anilines is 1. The van der Waals surface area contributed by atoms with Crippen molar-refractivity contribution in [3.05, 3.63) is 28.7 Å². The van der Waals surface area contributed by atoms with E-state index in [1.165, 1.54) is 16.6 Å². The zero-order chi connectivity index (χ0) is 14.7. The Morgan fingerprint density at radius 2 is 2.00 bits per heavy atom. The van der Waals surface area contributed by atoms with Crippen molar-refractivity contribution in [3.8, 4) is 0 Å². The topological polar surface area (TPSA) is 15.3 Å². The van der Waals surface area contributed by atoms with Gasteiger partial charge in [0, 0.05) is 29.6 Å². The highest BCUT2D eigenvalue weighted by Gasteiger charge is 2.32. The first-order valence-electron chi connectivity index (χ1n) is 7.79. The van der Waals surface area contributed by atoms with Crippen molar-refractivity contribution in [1.82, 2.24) is 5.32 Å². The molecule has 1 aliphatic rings. The molecule has 0 radical (unpaired) electrons. The lowest BCUT2D eigenvalue weighted by molar-refractivity contribution is 0.281.